The Bertz CT molecular complexity index is 279. The van der Waals surface area contributed by atoms with Gasteiger partial charge in [-0.05, 0) is 39.9 Å². The van der Waals surface area contributed by atoms with Crippen molar-refractivity contribution in [3.63, 3.8) is 0 Å². The second-order valence-corrected chi connectivity index (χ2v) is 8.72. The number of hydrogen-bond donors (Lipinski definition) is 0. The van der Waals surface area contributed by atoms with E-state index in [2.05, 4.69) is 34.6 Å². The van der Waals surface area contributed by atoms with Gasteiger partial charge in [0.25, 0.3) is 0 Å². The molecule has 1 rings (SSSR count). The monoisotopic (exact) mass is 328 g/mol. The van der Waals surface area contributed by atoms with E-state index < -0.39 is 0 Å². The highest BCUT2D eigenvalue weighted by atomic mass is 32.2. The normalized spacial score (nSPS) is 19.8. The van der Waals surface area contributed by atoms with Crippen LogP contribution in [-0.2, 0) is 9.31 Å². The molecule has 0 aromatic carbocycles. The Morgan fingerprint density at radius 3 is 1.55 bits per heavy atom. The van der Waals surface area contributed by atoms with E-state index in [4.69, 9.17) is 9.31 Å². The zero-order chi connectivity index (χ0) is 16.5. The third-order valence-electron chi connectivity index (χ3n) is 4.98. The highest BCUT2D eigenvalue weighted by molar-refractivity contribution is 8.24. The van der Waals surface area contributed by atoms with E-state index in [0.29, 0.717) is 0 Å². The molecule has 0 N–H and O–H groups in total. The van der Waals surface area contributed by atoms with E-state index in [1.54, 1.807) is 0 Å². The molecule has 1 aliphatic rings. The smallest absolute Gasteiger partial charge is 0.394 e. The van der Waals surface area contributed by atoms with Gasteiger partial charge in [0.05, 0.1) is 11.2 Å². The number of hydrogen-bond acceptors (Lipinski definition) is 3. The first-order valence-electron chi connectivity index (χ1n) is 9.36. The van der Waals surface area contributed by atoms with Crippen LogP contribution in [0.5, 0.6) is 0 Å². The van der Waals surface area contributed by atoms with Crippen molar-refractivity contribution in [1.29, 1.82) is 0 Å². The highest BCUT2D eigenvalue weighted by Crippen LogP contribution is 2.39. The van der Waals surface area contributed by atoms with Crippen molar-refractivity contribution in [3.8, 4) is 0 Å². The summed E-state index contributed by atoms with van der Waals surface area (Å²) in [6.07, 6.45) is 13.8. The zero-order valence-corrected chi connectivity index (χ0v) is 16.4. The topological polar surface area (TPSA) is 18.5 Å². The molecule has 0 aliphatic carbocycles. The summed E-state index contributed by atoms with van der Waals surface area (Å²) in [6.45, 7) is 10.8. The lowest BCUT2D eigenvalue weighted by atomic mass is 9.90. The summed E-state index contributed by atoms with van der Waals surface area (Å²) in [5.74, 6) is 1.15. The minimum Gasteiger partial charge on any atom is -0.394 e. The van der Waals surface area contributed by atoms with Crippen LogP contribution in [0.2, 0.25) is 0 Å². The predicted octanol–water partition coefficient (Wildman–Crippen LogP) is 6.23. The van der Waals surface area contributed by atoms with Crippen LogP contribution in [0.3, 0.4) is 0 Å². The summed E-state index contributed by atoms with van der Waals surface area (Å²) < 4.78 is 12.0. The standard InChI is InChI=1S/C18H37BO2S/c1-6-7-8-9-10-11-12-13-14-15-16-22-19-20-17(2,3)18(4,5)21-19/h6-16H2,1-5H3. The second kappa shape index (κ2) is 10.3. The first-order valence-corrected chi connectivity index (χ1v) is 10.4. The molecule has 2 nitrogen and oxygen atoms in total. The van der Waals surface area contributed by atoms with E-state index in [9.17, 15) is 0 Å². The Balaban J connectivity index is 1.90. The number of rotatable bonds is 12. The van der Waals surface area contributed by atoms with Crippen LogP contribution in [0.1, 0.15) is 98.8 Å². The van der Waals surface area contributed by atoms with E-state index in [-0.39, 0.29) is 17.6 Å². The predicted molar refractivity (Wildman–Crippen MR) is 100 cm³/mol. The van der Waals surface area contributed by atoms with Gasteiger partial charge in [-0.15, -0.1) is 11.6 Å². The van der Waals surface area contributed by atoms with Gasteiger partial charge in [-0.2, -0.15) is 0 Å². The molecule has 130 valence electrons. The SMILES string of the molecule is CCCCCCCCCCCCSB1OC(C)(C)C(C)(C)O1. The summed E-state index contributed by atoms with van der Waals surface area (Å²) in [6, 6.07) is 0. The Kier molecular flexibility index (Phi) is 9.50. The van der Waals surface area contributed by atoms with Crippen molar-refractivity contribution >= 4 is 18.0 Å². The van der Waals surface area contributed by atoms with Crippen LogP contribution in [0.25, 0.3) is 0 Å². The third-order valence-corrected chi connectivity index (χ3v) is 5.97. The molecular formula is C18H37BO2S. The molecule has 0 radical (unpaired) electrons. The van der Waals surface area contributed by atoms with Crippen LogP contribution < -0.4 is 0 Å². The van der Waals surface area contributed by atoms with Crippen molar-refractivity contribution < 1.29 is 9.31 Å². The van der Waals surface area contributed by atoms with Gasteiger partial charge in [0.2, 0.25) is 0 Å². The lowest BCUT2D eigenvalue weighted by molar-refractivity contribution is 0.00578. The van der Waals surface area contributed by atoms with E-state index in [1.165, 1.54) is 64.2 Å². The molecule has 0 bridgehead atoms. The van der Waals surface area contributed by atoms with Crippen molar-refractivity contribution in [3.05, 3.63) is 0 Å². The average Bonchev–Trinajstić information content (AvgIpc) is 2.64. The fourth-order valence-electron chi connectivity index (χ4n) is 2.63. The Labute approximate surface area is 143 Å². The highest BCUT2D eigenvalue weighted by Gasteiger charge is 2.51. The van der Waals surface area contributed by atoms with Gasteiger partial charge in [0, 0.05) is 0 Å². The van der Waals surface area contributed by atoms with Crippen molar-refractivity contribution in [1.82, 2.24) is 0 Å². The van der Waals surface area contributed by atoms with Crippen LogP contribution in [0, 0.1) is 0 Å². The minimum absolute atomic E-state index is 0.0800. The van der Waals surface area contributed by atoms with E-state index in [1.807, 2.05) is 11.6 Å². The number of unbranched alkanes of at least 4 members (excludes halogenated alkanes) is 9. The van der Waals surface area contributed by atoms with Gasteiger partial charge >= 0.3 is 6.40 Å². The molecule has 1 heterocycles. The summed E-state index contributed by atoms with van der Waals surface area (Å²) in [5, 5.41) is 0. The van der Waals surface area contributed by atoms with Crippen LogP contribution in [0.4, 0.5) is 0 Å². The molecule has 22 heavy (non-hydrogen) atoms. The fraction of sp³-hybridized carbons (Fsp3) is 1.00. The minimum atomic E-state index is -0.192. The fourth-order valence-corrected chi connectivity index (χ4v) is 3.81. The largest absolute Gasteiger partial charge is 0.532 e. The molecule has 1 aliphatic heterocycles. The maximum Gasteiger partial charge on any atom is 0.532 e. The molecule has 1 fully saturated rings. The molecule has 0 unspecified atom stereocenters. The maximum absolute atomic E-state index is 6.00. The van der Waals surface area contributed by atoms with Gasteiger partial charge in [0.1, 0.15) is 0 Å². The van der Waals surface area contributed by atoms with E-state index in [0.717, 1.165) is 5.75 Å². The molecule has 0 atom stereocenters. The van der Waals surface area contributed by atoms with Crippen LogP contribution >= 0.6 is 11.6 Å². The lowest BCUT2D eigenvalue weighted by Crippen LogP contribution is -2.41. The summed E-state index contributed by atoms with van der Waals surface area (Å²) in [5.41, 5.74) is -0.384. The van der Waals surface area contributed by atoms with Gasteiger partial charge in [-0.3, -0.25) is 0 Å². The van der Waals surface area contributed by atoms with Crippen LogP contribution in [-0.4, -0.2) is 23.4 Å². The zero-order valence-electron chi connectivity index (χ0n) is 15.6. The average molecular weight is 328 g/mol. The van der Waals surface area contributed by atoms with Crippen molar-refractivity contribution in [2.45, 2.75) is 110 Å². The van der Waals surface area contributed by atoms with E-state index >= 15 is 0 Å². The Hall–Kier alpha value is 0.335. The molecule has 0 aromatic rings. The van der Waals surface area contributed by atoms with Gasteiger partial charge < -0.3 is 9.31 Å². The molecule has 0 spiro atoms. The Morgan fingerprint density at radius 2 is 1.09 bits per heavy atom. The summed E-state index contributed by atoms with van der Waals surface area (Å²) >= 11 is 1.82. The van der Waals surface area contributed by atoms with Gasteiger partial charge in [-0.25, -0.2) is 0 Å². The lowest BCUT2D eigenvalue weighted by Gasteiger charge is -2.32. The van der Waals surface area contributed by atoms with Crippen molar-refractivity contribution in [2.75, 3.05) is 5.75 Å². The third kappa shape index (κ3) is 7.27. The molecule has 0 amide bonds. The second-order valence-electron chi connectivity index (χ2n) is 7.60. The summed E-state index contributed by atoms with van der Waals surface area (Å²) in [4.78, 5) is 0. The summed E-state index contributed by atoms with van der Waals surface area (Å²) in [7, 11) is 0. The van der Waals surface area contributed by atoms with Gasteiger partial charge in [0.15, 0.2) is 0 Å². The van der Waals surface area contributed by atoms with Crippen molar-refractivity contribution in [2.24, 2.45) is 0 Å². The van der Waals surface area contributed by atoms with Gasteiger partial charge in [-0.1, -0.05) is 64.7 Å². The molecular weight excluding hydrogens is 291 g/mol. The molecule has 4 heteroatoms. The first kappa shape index (κ1) is 20.4. The first-order chi connectivity index (χ1) is 10.4. The molecule has 1 saturated heterocycles. The maximum atomic E-state index is 6.00. The molecule has 0 aromatic heterocycles. The Morgan fingerprint density at radius 1 is 0.682 bits per heavy atom. The van der Waals surface area contributed by atoms with Crippen LogP contribution in [0.15, 0.2) is 0 Å². The quantitative estimate of drug-likeness (QED) is 0.312. The molecule has 0 saturated carbocycles.